The van der Waals surface area contributed by atoms with E-state index >= 15 is 0 Å². The highest BCUT2D eigenvalue weighted by Gasteiger charge is 2.33. The fourth-order valence-corrected chi connectivity index (χ4v) is 2.12. The van der Waals surface area contributed by atoms with Crippen molar-refractivity contribution >= 4 is 5.91 Å². The summed E-state index contributed by atoms with van der Waals surface area (Å²) in [6, 6.07) is 7.94. The summed E-state index contributed by atoms with van der Waals surface area (Å²) in [4.78, 5) is 11.0. The van der Waals surface area contributed by atoms with Gasteiger partial charge in [-0.05, 0) is 42.4 Å². The minimum atomic E-state index is -0.215. The molecule has 1 amide bonds. The maximum Gasteiger partial charge on any atom is 0.218 e. The van der Waals surface area contributed by atoms with E-state index in [1.165, 1.54) is 18.4 Å². The predicted molar refractivity (Wildman–Crippen MR) is 62.3 cm³/mol. The smallest absolute Gasteiger partial charge is 0.218 e. The molecule has 1 aromatic carbocycles. The van der Waals surface area contributed by atoms with Crippen LogP contribution in [0.4, 0.5) is 0 Å². The lowest BCUT2D eigenvalue weighted by atomic mass is 9.91. The molecule has 16 heavy (non-hydrogen) atoms. The first-order valence-corrected chi connectivity index (χ1v) is 5.63. The lowest BCUT2D eigenvalue weighted by Gasteiger charge is -2.15. The van der Waals surface area contributed by atoms with Gasteiger partial charge in [-0.15, -0.1) is 0 Å². The van der Waals surface area contributed by atoms with E-state index in [9.17, 15) is 4.79 Å². The summed E-state index contributed by atoms with van der Waals surface area (Å²) in [5, 5.41) is 0. The quantitative estimate of drug-likeness (QED) is 0.824. The number of carbonyl (C=O) groups excluding carboxylic acids is 1. The van der Waals surface area contributed by atoms with Crippen molar-refractivity contribution in [3.8, 4) is 5.75 Å². The summed E-state index contributed by atoms with van der Waals surface area (Å²) >= 11 is 0. The molecule has 0 radical (unpaired) electrons. The number of hydrogen-bond acceptors (Lipinski definition) is 2. The molecular formula is C13H17NO2. The van der Waals surface area contributed by atoms with Crippen LogP contribution >= 0.6 is 0 Å². The summed E-state index contributed by atoms with van der Waals surface area (Å²) in [5.74, 6) is 1.56. The van der Waals surface area contributed by atoms with Gasteiger partial charge < -0.3 is 10.5 Å². The molecule has 3 heteroatoms. The minimum Gasteiger partial charge on any atom is -0.497 e. The predicted octanol–water partition coefficient (Wildman–Crippen LogP) is 2.06. The van der Waals surface area contributed by atoms with Crippen LogP contribution in [0.2, 0.25) is 0 Å². The Morgan fingerprint density at radius 1 is 1.44 bits per heavy atom. The number of nitrogens with two attached hydrogens (primary N) is 1. The second kappa shape index (κ2) is 4.56. The fourth-order valence-electron chi connectivity index (χ4n) is 2.12. The highest BCUT2D eigenvalue weighted by atomic mass is 16.5. The average Bonchev–Trinajstić information content (AvgIpc) is 3.10. The van der Waals surface area contributed by atoms with Crippen molar-refractivity contribution in [1.29, 1.82) is 0 Å². The van der Waals surface area contributed by atoms with E-state index < -0.39 is 0 Å². The van der Waals surface area contributed by atoms with Gasteiger partial charge in [0.2, 0.25) is 5.91 Å². The number of primary amides is 1. The second-order valence-electron chi connectivity index (χ2n) is 4.39. The van der Waals surface area contributed by atoms with Gasteiger partial charge in [-0.2, -0.15) is 0 Å². The first kappa shape index (κ1) is 11.0. The van der Waals surface area contributed by atoms with E-state index in [1.807, 2.05) is 24.3 Å². The van der Waals surface area contributed by atoms with Crippen LogP contribution in [0, 0.1) is 5.92 Å². The van der Waals surface area contributed by atoms with Crippen LogP contribution in [-0.2, 0) is 4.79 Å². The molecule has 1 unspecified atom stereocenters. The van der Waals surface area contributed by atoms with Gasteiger partial charge >= 0.3 is 0 Å². The summed E-state index contributed by atoms with van der Waals surface area (Å²) in [6.07, 6.45) is 2.88. The molecule has 0 aliphatic heterocycles. The van der Waals surface area contributed by atoms with Crippen LogP contribution in [0.5, 0.6) is 5.75 Å². The number of rotatable bonds is 5. The third kappa shape index (κ3) is 2.54. The van der Waals surface area contributed by atoms with E-state index in [2.05, 4.69) is 0 Å². The van der Waals surface area contributed by atoms with Gasteiger partial charge in [0, 0.05) is 6.42 Å². The molecule has 0 bridgehead atoms. The maximum atomic E-state index is 11.0. The third-order valence-electron chi connectivity index (χ3n) is 3.16. The van der Waals surface area contributed by atoms with Crippen molar-refractivity contribution < 1.29 is 9.53 Å². The van der Waals surface area contributed by atoms with Crippen LogP contribution in [0.3, 0.4) is 0 Å². The molecule has 0 saturated heterocycles. The van der Waals surface area contributed by atoms with Gasteiger partial charge in [-0.1, -0.05) is 12.1 Å². The van der Waals surface area contributed by atoms with Gasteiger partial charge in [0.25, 0.3) is 0 Å². The van der Waals surface area contributed by atoms with Gasteiger partial charge in [0.1, 0.15) is 5.75 Å². The van der Waals surface area contributed by atoms with Crippen molar-refractivity contribution in [3.63, 3.8) is 0 Å². The number of amides is 1. The highest BCUT2D eigenvalue weighted by Crippen LogP contribution is 2.44. The van der Waals surface area contributed by atoms with Crippen molar-refractivity contribution in [1.82, 2.24) is 0 Å². The van der Waals surface area contributed by atoms with Gasteiger partial charge in [-0.25, -0.2) is 0 Å². The molecular weight excluding hydrogens is 202 g/mol. The van der Waals surface area contributed by atoms with Crippen molar-refractivity contribution in [2.75, 3.05) is 7.11 Å². The molecule has 1 aromatic rings. The van der Waals surface area contributed by atoms with Crippen LogP contribution < -0.4 is 10.5 Å². The molecule has 1 saturated carbocycles. The van der Waals surface area contributed by atoms with Crippen LogP contribution in [0.15, 0.2) is 24.3 Å². The monoisotopic (exact) mass is 219 g/mol. The lowest BCUT2D eigenvalue weighted by Crippen LogP contribution is -2.16. The molecule has 0 heterocycles. The van der Waals surface area contributed by atoms with Crippen molar-refractivity contribution in [3.05, 3.63) is 29.8 Å². The zero-order chi connectivity index (χ0) is 11.5. The Labute approximate surface area is 95.6 Å². The van der Waals surface area contributed by atoms with Gasteiger partial charge in [0.15, 0.2) is 0 Å². The molecule has 0 aromatic heterocycles. The highest BCUT2D eigenvalue weighted by molar-refractivity contribution is 5.75. The van der Waals surface area contributed by atoms with Crippen molar-refractivity contribution in [2.24, 2.45) is 11.7 Å². The Morgan fingerprint density at radius 3 is 2.50 bits per heavy atom. The Balaban J connectivity index is 2.14. The summed E-state index contributed by atoms with van der Waals surface area (Å²) in [6.45, 7) is 0. The summed E-state index contributed by atoms with van der Waals surface area (Å²) in [5.41, 5.74) is 6.49. The third-order valence-corrected chi connectivity index (χ3v) is 3.16. The van der Waals surface area contributed by atoms with E-state index in [1.54, 1.807) is 7.11 Å². The Bertz CT molecular complexity index is 368. The maximum absolute atomic E-state index is 11.0. The summed E-state index contributed by atoms with van der Waals surface area (Å²) < 4.78 is 5.11. The largest absolute Gasteiger partial charge is 0.497 e. The molecule has 3 nitrogen and oxygen atoms in total. The number of carbonyl (C=O) groups is 1. The zero-order valence-electron chi connectivity index (χ0n) is 9.48. The standard InChI is InChI=1S/C13H17NO2/c1-16-11-6-4-10(5-7-11)12(8-13(14)15)9-2-3-9/h4-7,9,12H,2-3,8H2,1H3,(H2,14,15). The van der Waals surface area contributed by atoms with E-state index in [0.717, 1.165) is 5.75 Å². The molecule has 2 N–H and O–H groups in total. The van der Waals surface area contributed by atoms with Crippen LogP contribution in [0.25, 0.3) is 0 Å². The molecule has 1 aliphatic rings. The SMILES string of the molecule is COc1ccc(C(CC(N)=O)C2CC2)cc1. The number of hydrogen-bond donors (Lipinski definition) is 1. The molecule has 86 valence electrons. The Kier molecular flexibility index (Phi) is 3.13. The van der Waals surface area contributed by atoms with Crippen LogP contribution in [-0.4, -0.2) is 13.0 Å². The molecule has 1 fully saturated rings. The fraction of sp³-hybridized carbons (Fsp3) is 0.462. The first-order chi connectivity index (χ1) is 7.70. The minimum absolute atomic E-state index is 0.215. The normalized spacial score (nSPS) is 16.8. The van der Waals surface area contributed by atoms with Gasteiger partial charge in [-0.3, -0.25) is 4.79 Å². The molecule has 1 aliphatic carbocycles. The molecule has 1 atom stereocenters. The van der Waals surface area contributed by atoms with E-state index in [-0.39, 0.29) is 5.91 Å². The average molecular weight is 219 g/mol. The van der Waals surface area contributed by atoms with Crippen molar-refractivity contribution in [2.45, 2.75) is 25.2 Å². The Hall–Kier alpha value is -1.51. The van der Waals surface area contributed by atoms with Crippen LogP contribution in [0.1, 0.15) is 30.7 Å². The number of ether oxygens (including phenoxy) is 1. The Morgan fingerprint density at radius 2 is 2.06 bits per heavy atom. The lowest BCUT2D eigenvalue weighted by molar-refractivity contribution is -0.118. The molecule has 0 spiro atoms. The topological polar surface area (TPSA) is 52.3 Å². The van der Waals surface area contributed by atoms with E-state index in [4.69, 9.17) is 10.5 Å². The number of benzene rings is 1. The van der Waals surface area contributed by atoms with Gasteiger partial charge in [0.05, 0.1) is 7.11 Å². The second-order valence-corrected chi connectivity index (χ2v) is 4.39. The zero-order valence-corrected chi connectivity index (χ0v) is 9.48. The van der Waals surface area contributed by atoms with E-state index in [0.29, 0.717) is 18.3 Å². The number of methoxy groups -OCH3 is 1. The molecule has 2 rings (SSSR count). The first-order valence-electron chi connectivity index (χ1n) is 5.63. The summed E-state index contributed by atoms with van der Waals surface area (Å²) in [7, 11) is 1.65.